The van der Waals surface area contributed by atoms with Crippen LogP contribution >= 0.6 is 11.3 Å². The van der Waals surface area contributed by atoms with Crippen molar-refractivity contribution in [1.29, 1.82) is 0 Å². The van der Waals surface area contributed by atoms with Crippen LogP contribution in [-0.2, 0) is 6.42 Å². The molecular weight excluding hydrogens is 625 g/mol. The normalized spacial score (nSPS) is 11.7. The fourth-order valence-electron chi connectivity index (χ4n) is 7.57. The molecule has 0 unspecified atom stereocenters. The average molecular weight is 655 g/mol. The van der Waals surface area contributed by atoms with Gasteiger partial charge in [-0.05, 0) is 79.3 Å². The predicted octanol–water partition coefficient (Wildman–Crippen LogP) is 12.9. The van der Waals surface area contributed by atoms with Gasteiger partial charge in [-0.3, -0.25) is 0 Å². The molecule has 0 bridgehead atoms. The molecule has 2 aromatic heterocycles. The van der Waals surface area contributed by atoms with E-state index in [0.717, 1.165) is 28.3 Å². The average Bonchev–Trinajstić information content (AvgIpc) is 3.57. The summed E-state index contributed by atoms with van der Waals surface area (Å²) in [6.45, 7) is 0. The van der Waals surface area contributed by atoms with Crippen LogP contribution in [0.25, 0.3) is 86.1 Å². The Morgan fingerprint density at radius 1 is 0.360 bits per heavy atom. The smallest absolute Gasteiger partial charge is 0.134 e. The molecule has 8 aromatic carbocycles. The molecule has 0 amide bonds. The number of fused-ring (bicyclic) bond motifs is 9. The van der Waals surface area contributed by atoms with E-state index < -0.39 is 0 Å². The predicted molar refractivity (Wildman–Crippen MR) is 213 cm³/mol. The second kappa shape index (κ2) is 11.8. The Hall–Kier alpha value is -6.16. The molecule has 10 rings (SSSR count). The van der Waals surface area contributed by atoms with Gasteiger partial charge >= 0.3 is 0 Å². The maximum atomic E-state index is 5.13. The van der Waals surface area contributed by atoms with Gasteiger partial charge in [-0.1, -0.05) is 140 Å². The number of hydrogen-bond acceptors (Lipinski definition) is 3. The fourth-order valence-corrected chi connectivity index (χ4v) is 8.71. The molecule has 10 aromatic rings. The molecule has 3 heteroatoms. The highest BCUT2D eigenvalue weighted by Gasteiger charge is 2.16. The summed E-state index contributed by atoms with van der Waals surface area (Å²) in [5.41, 5.74) is 7.75. The van der Waals surface area contributed by atoms with Gasteiger partial charge in [0, 0.05) is 37.7 Å². The Balaban J connectivity index is 1.12. The van der Waals surface area contributed by atoms with E-state index in [1.807, 2.05) is 23.5 Å². The molecule has 0 saturated heterocycles. The molecule has 0 spiro atoms. The summed E-state index contributed by atoms with van der Waals surface area (Å²) in [5.74, 6) is 0.821. The van der Waals surface area contributed by atoms with Gasteiger partial charge in [0.05, 0.1) is 11.4 Å². The van der Waals surface area contributed by atoms with Gasteiger partial charge in [-0.15, -0.1) is 11.3 Å². The first-order valence-electron chi connectivity index (χ1n) is 17.0. The second-order valence-corrected chi connectivity index (χ2v) is 14.0. The Morgan fingerprint density at radius 3 is 1.50 bits per heavy atom. The maximum absolute atomic E-state index is 5.13. The van der Waals surface area contributed by atoms with E-state index in [0.29, 0.717) is 6.42 Å². The SMILES string of the molecule is c1ccc(-c2cc(-c3ccccc3)nc(Cc3cccc4sc5ccc(-c6ccc7c8ccccc8c8ccccc8c7c6)cc5c34)n2)cc1. The third-order valence-corrected chi connectivity index (χ3v) is 11.1. The van der Waals surface area contributed by atoms with Gasteiger partial charge in [0.25, 0.3) is 0 Å². The van der Waals surface area contributed by atoms with E-state index in [4.69, 9.17) is 9.97 Å². The molecule has 0 fully saturated rings. The number of rotatable bonds is 5. The van der Waals surface area contributed by atoms with E-state index in [-0.39, 0.29) is 0 Å². The minimum absolute atomic E-state index is 0.642. The van der Waals surface area contributed by atoms with Crippen molar-refractivity contribution in [2.24, 2.45) is 0 Å². The number of nitrogens with zero attached hydrogens (tertiary/aromatic N) is 2. The van der Waals surface area contributed by atoms with Gasteiger partial charge in [0.2, 0.25) is 0 Å². The summed E-state index contributed by atoms with van der Waals surface area (Å²) in [6.07, 6.45) is 0.642. The van der Waals surface area contributed by atoms with Crippen LogP contribution in [0.3, 0.4) is 0 Å². The first kappa shape index (κ1) is 28.8. The molecule has 0 aliphatic heterocycles. The van der Waals surface area contributed by atoms with Crippen molar-refractivity contribution in [3.8, 4) is 33.6 Å². The lowest BCUT2D eigenvalue weighted by Crippen LogP contribution is -2.01. The monoisotopic (exact) mass is 654 g/mol. The van der Waals surface area contributed by atoms with Gasteiger partial charge in [0.15, 0.2) is 0 Å². The summed E-state index contributed by atoms with van der Waals surface area (Å²) in [6, 6.07) is 61.1. The van der Waals surface area contributed by atoms with Gasteiger partial charge in [-0.2, -0.15) is 0 Å². The molecule has 0 aliphatic carbocycles. The molecule has 50 heavy (non-hydrogen) atoms. The Bertz CT molecular complexity index is 2800. The van der Waals surface area contributed by atoms with Crippen molar-refractivity contribution in [2.75, 3.05) is 0 Å². The number of aromatic nitrogens is 2. The van der Waals surface area contributed by atoms with E-state index in [1.165, 1.54) is 69.2 Å². The van der Waals surface area contributed by atoms with Crippen LogP contribution < -0.4 is 0 Å². The van der Waals surface area contributed by atoms with Crippen molar-refractivity contribution >= 4 is 63.8 Å². The van der Waals surface area contributed by atoms with E-state index >= 15 is 0 Å². The van der Waals surface area contributed by atoms with Crippen molar-refractivity contribution in [1.82, 2.24) is 9.97 Å². The highest BCUT2D eigenvalue weighted by Crippen LogP contribution is 2.41. The lowest BCUT2D eigenvalue weighted by Gasteiger charge is -2.12. The summed E-state index contributed by atoms with van der Waals surface area (Å²) in [5, 5.41) is 10.3. The second-order valence-electron chi connectivity index (χ2n) is 12.9. The van der Waals surface area contributed by atoms with Gasteiger partial charge in [0.1, 0.15) is 5.82 Å². The van der Waals surface area contributed by atoms with Crippen LogP contribution in [0.15, 0.2) is 170 Å². The molecule has 0 aliphatic rings. The lowest BCUT2D eigenvalue weighted by atomic mass is 9.92. The summed E-state index contributed by atoms with van der Waals surface area (Å²) in [4.78, 5) is 10.3. The Labute approximate surface area is 294 Å². The highest BCUT2D eigenvalue weighted by atomic mass is 32.1. The first-order chi connectivity index (χ1) is 24.8. The van der Waals surface area contributed by atoms with Crippen LogP contribution in [0.2, 0.25) is 0 Å². The van der Waals surface area contributed by atoms with Crippen molar-refractivity contribution in [3.63, 3.8) is 0 Å². The molecule has 234 valence electrons. The molecule has 2 nitrogen and oxygen atoms in total. The largest absolute Gasteiger partial charge is 0.233 e. The first-order valence-corrected chi connectivity index (χ1v) is 17.8. The quantitative estimate of drug-likeness (QED) is 0.173. The maximum Gasteiger partial charge on any atom is 0.134 e. The van der Waals surface area contributed by atoms with Crippen LogP contribution in [0.5, 0.6) is 0 Å². The molecule has 0 radical (unpaired) electrons. The van der Waals surface area contributed by atoms with Crippen LogP contribution in [-0.4, -0.2) is 9.97 Å². The van der Waals surface area contributed by atoms with Crippen LogP contribution in [0, 0.1) is 0 Å². The third kappa shape index (κ3) is 4.86. The lowest BCUT2D eigenvalue weighted by molar-refractivity contribution is 0.982. The van der Waals surface area contributed by atoms with E-state index in [2.05, 4.69) is 158 Å². The zero-order valence-electron chi connectivity index (χ0n) is 27.2. The number of benzene rings is 8. The summed E-state index contributed by atoms with van der Waals surface area (Å²) < 4.78 is 2.57. The molecule has 0 atom stereocenters. The summed E-state index contributed by atoms with van der Waals surface area (Å²) >= 11 is 1.86. The number of hydrogen-bond donors (Lipinski definition) is 0. The molecule has 0 saturated carbocycles. The van der Waals surface area contributed by atoms with Crippen LogP contribution in [0.4, 0.5) is 0 Å². The van der Waals surface area contributed by atoms with Crippen molar-refractivity contribution in [3.05, 3.63) is 181 Å². The minimum Gasteiger partial charge on any atom is -0.233 e. The molecule has 2 heterocycles. The summed E-state index contributed by atoms with van der Waals surface area (Å²) in [7, 11) is 0. The Morgan fingerprint density at radius 2 is 0.880 bits per heavy atom. The Kier molecular flexibility index (Phi) is 6.78. The van der Waals surface area contributed by atoms with Crippen molar-refractivity contribution < 1.29 is 0 Å². The standard InChI is InChI=1S/C47H30N2S/c1-3-12-30(13-4-1)42-29-43(31-14-5-2-6-15-31)49-46(48-42)28-34-16-11-21-45-47(34)41-27-33(23-25-44(41)50-45)32-22-24-39-37-19-8-7-17-35(37)36-18-9-10-20-38(36)40(39)26-32/h1-27,29H,28H2. The van der Waals surface area contributed by atoms with E-state index in [1.54, 1.807) is 0 Å². The molecule has 0 N–H and O–H groups in total. The zero-order valence-corrected chi connectivity index (χ0v) is 28.0. The van der Waals surface area contributed by atoms with E-state index in [9.17, 15) is 0 Å². The third-order valence-electron chi connectivity index (χ3n) is 9.92. The zero-order chi connectivity index (χ0) is 33.0. The van der Waals surface area contributed by atoms with Gasteiger partial charge in [-0.25, -0.2) is 9.97 Å². The topological polar surface area (TPSA) is 25.8 Å². The highest BCUT2D eigenvalue weighted by molar-refractivity contribution is 7.25. The molecular formula is C47H30N2S. The minimum atomic E-state index is 0.642. The van der Waals surface area contributed by atoms with Gasteiger partial charge < -0.3 is 0 Å². The fraction of sp³-hybridized carbons (Fsp3) is 0.0213. The van der Waals surface area contributed by atoms with Crippen molar-refractivity contribution in [2.45, 2.75) is 6.42 Å². The number of thiophene rings is 1. The van der Waals surface area contributed by atoms with Crippen LogP contribution in [0.1, 0.15) is 11.4 Å².